The number of alkyl halides is 3. The Labute approximate surface area is 168 Å². The second-order valence-electron chi connectivity index (χ2n) is 7.38. The highest BCUT2D eigenvalue weighted by Gasteiger charge is 2.37. The third-order valence-electron chi connectivity index (χ3n) is 5.58. The van der Waals surface area contributed by atoms with Crippen LogP contribution in [0.4, 0.5) is 13.2 Å². The van der Waals surface area contributed by atoms with Crippen LogP contribution in [0.25, 0.3) is 16.2 Å². The van der Waals surface area contributed by atoms with Gasteiger partial charge in [0.25, 0.3) is 5.91 Å². The quantitative estimate of drug-likeness (QED) is 0.637. The molecule has 2 aliphatic heterocycles. The van der Waals surface area contributed by atoms with E-state index in [0.717, 1.165) is 36.5 Å². The minimum atomic E-state index is -4.62. The van der Waals surface area contributed by atoms with Crippen LogP contribution in [0.15, 0.2) is 29.6 Å². The van der Waals surface area contributed by atoms with Gasteiger partial charge in [-0.15, -0.1) is 11.3 Å². The predicted octanol–water partition coefficient (Wildman–Crippen LogP) is 3.40. The molecular weight excluding hydrogens is 403 g/mol. The summed E-state index contributed by atoms with van der Waals surface area (Å²) in [7, 11) is 0. The molecule has 10 heteroatoms. The summed E-state index contributed by atoms with van der Waals surface area (Å²) in [6, 6.07) is 6.15. The molecule has 0 spiro atoms. The van der Waals surface area contributed by atoms with E-state index in [4.69, 9.17) is 0 Å². The number of hydrogen-bond acceptors (Lipinski definition) is 5. The highest BCUT2D eigenvalue weighted by molar-refractivity contribution is 7.13. The third kappa shape index (κ3) is 3.29. The summed E-state index contributed by atoms with van der Waals surface area (Å²) in [6.07, 6.45) is -2.46. The number of aromatic nitrogens is 3. The van der Waals surface area contributed by atoms with E-state index < -0.39 is 11.9 Å². The molecule has 0 radical (unpaired) electrons. The highest BCUT2D eigenvalue weighted by Crippen LogP contribution is 2.33. The van der Waals surface area contributed by atoms with Crippen molar-refractivity contribution in [3.05, 3.63) is 41.0 Å². The van der Waals surface area contributed by atoms with Gasteiger partial charge in [-0.3, -0.25) is 9.69 Å². The van der Waals surface area contributed by atoms with Crippen molar-refractivity contribution in [2.75, 3.05) is 26.2 Å². The smallest absolute Gasteiger partial charge is 0.334 e. The second-order valence-corrected chi connectivity index (χ2v) is 8.33. The number of carbonyl (C=O) groups excluding carboxylic acids is 1. The van der Waals surface area contributed by atoms with E-state index in [0.29, 0.717) is 24.0 Å². The van der Waals surface area contributed by atoms with Crippen molar-refractivity contribution in [2.45, 2.75) is 25.1 Å². The molecule has 3 aromatic rings. The maximum Gasteiger partial charge on any atom is 0.433 e. The summed E-state index contributed by atoms with van der Waals surface area (Å²) in [5, 5.41) is 5.78. The van der Waals surface area contributed by atoms with Crippen LogP contribution >= 0.6 is 11.3 Å². The molecule has 5 heterocycles. The fraction of sp³-hybridized carbons (Fsp3) is 0.421. The molecule has 3 aromatic heterocycles. The molecular formula is C19H18F3N5OS. The Hall–Kier alpha value is -2.46. The molecule has 152 valence electrons. The van der Waals surface area contributed by atoms with Crippen molar-refractivity contribution in [3.63, 3.8) is 0 Å². The lowest BCUT2D eigenvalue weighted by molar-refractivity contribution is -0.142. The van der Waals surface area contributed by atoms with E-state index in [2.05, 4.69) is 15.0 Å². The van der Waals surface area contributed by atoms with E-state index in [-0.39, 0.29) is 22.9 Å². The van der Waals surface area contributed by atoms with E-state index >= 15 is 0 Å². The standard InChI is InChI=1S/C19H18F3N5OS/c20-19(21,22)16-9-13(15-4-2-8-29-15)23-17-10-14(24-27(16)17)18(28)26-7-6-25-5-1-3-12(25)11-26/h2,4,8-10,12H,1,3,5-7,11H2/t12-/m0/s1. The zero-order valence-electron chi connectivity index (χ0n) is 15.4. The van der Waals surface area contributed by atoms with Gasteiger partial charge in [-0.05, 0) is 36.9 Å². The first-order chi connectivity index (χ1) is 13.9. The van der Waals surface area contributed by atoms with E-state index in [9.17, 15) is 18.0 Å². The Bertz CT molecular complexity index is 1060. The van der Waals surface area contributed by atoms with Crippen LogP contribution in [0.5, 0.6) is 0 Å². The van der Waals surface area contributed by atoms with Crippen molar-refractivity contribution in [2.24, 2.45) is 0 Å². The maximum absolute atomic E-state index is 13.7. The number of piperazine rings is 1. The molecule has 0 N–H and O–H groups in total. The zero-order valence-corrected chi connectivity index (χ0v) is 16.2. The molecule has 0 unspecified atom stereocenters. The summed E-state index contributed by atoms with van der Waals surface area (Å²) in [5.74, 6) is -0.340. The van der Waals surface area contributed by atoms with E-state index in [1.54, 1.807) is 22.4 Å². The summed E-state index contributed by atoms with van der Waals surface area (Å²) < 4.78 is 41.7. The molecule has 1 amide bonds. The van der Waals surface area contributed by atoms with Crippen LogP contribution in [-0.4, -0.2) is 62.5 Å². The molecule has 0 aromatic carbocycles. The van der Waals surface area contributed by atoms with Gasteiger partial charge in [0.1, 0.15) is 0 Å². The Morgan fingerprint density at radius 3 is 2.83 bits per heavy atom. The van der Waals surface area contributed by atoms with Crippen LogP contribution in [0.3, 0.4) is 0 Å². The summed E-state index contributed by atoms with van der Waals surface area (Å²) in [5.41, 5.74) is -0.701. The predicted molar refractivity (Wildman–Crippen MR) is 102 cm³/mol. The fourth-order valence-corrected chi connectivity index (χ4v) is 4.86. The zero-order chi connectivity index (χ0) is 20.2. The number of amides is 1. The van der Waals surface area contributed by atoms with Crippen molar-refractivity contribution in [3.8, 4) is 10.6 Å². The lowest BCUT2D eigenvalue weighted by atomic mass is 10.1. The Morgan fingerprint density at radius 2 is 2.07 bits per heavy atom. The van der Waals surface area contributed by atoms with Gasteiger partial charge in [0.2, 0.25) is 0 Å². The Kier molecular flexibility index (Phi) is 4.36. The first-order valence-electron chi connectivity index (χ1n) is 9.45. The van der Waals surface area contributed by atoms with Gasteiger partial charge in [0, 0.05) is 31.7 Å². The van der Waals surface area contributed by atoms with Crippen molar-refractivity contribution in [1.82, 2.24) is 24.4 Å². The number of carbonyl (C=O) groups is 1. The first-order valence-corrected chi connectivity index (χ1v) is 10.3. The van der Waals surface area contributed by atoms with Gasteiger partial charge in [-0.1, -0.05) is 6.07 Å². The number of thiophene rings is 1. The van der Waals surface area contributed by atoms with Crippen LogP contribution in [0.2, 0.25) is 0 Å². The minimum absolute atomic E-state index is 0.00206. The van der Waals surface area contributed by atoms with Crippen molar-refractivity contribution in [1.29, 1.82) is 0 Å². The summed E-state index contributed by atoms with van der Waals surface area (Å²) in [4.78, 5) is 22.0. The maximum atomic E-state index is 13.7. The monoisotopic (exact) mass is 421 g/mol. The number of halogens is 3. The molecule has 6 nitrogen and oxygen atoms in total. The minimum Gasteiger partial charge on any atom is -0.334 e. The van der Waals surface area contributed by atoms with Crippen LogP contribution < -0.4 is 0 Å². The molecule has 2 fully saturated rings. The largest absolute Gasteiger partial charge is 0.433 e. The van der Waals surface area contributed by atoms with Crippen LogP contribution in [0.1, 0.15) is 29.0 Å². The normalized spacial score (nSPS) is 20.4. The lowest BCUT2D eigenvalue weighted by Gasteiger charge is -2.37. The second kappa shape index (κ2) is 6.81. The van der Waals surface area contributed by atoms with Crippen molar-refractivity contribution >= 4 is 22.9 Å². The van der Waals surface area contributed by atoms with Gasteiger partial charge in [0.05, 0.1) is 10.6 Å². The average Bonchev–Trinajstić information content (AvgIpc) is 3.44. The number of fused-ring (bicyclic) bond motifs is 2. The van der Waals surface area contributed by atoms with E-state index in [1.165, 1.54) is 17.4 Å². The van der Waals surface area contributed by atoms with Gasteiger partial charge in [-0.25, -0.2) is 9.50 Å². The van der Waals surface area contributed by atoms with E-state index in [1.807, 2.05) is 0 Å². The topological polar surface area (TPSA) is 53.7 Å². The van der Waals surface area contributed by atoms with Crippen LogP contribution in [0, 0.1) is 0 Å². The Morgan fingerprint density at radius 1 is 1.21 bits per heavy atom. The Balaban J connectivity index is 1.53. The van der Waals surface area contributed by atoms with Gasteiger partial charge < -0.3 is 4.90 Å². The SMILES string of the molecule is O=C(c1cc2nc(-c3cccs3)cc(C(F)(F)F)n2n1)N1CCN2CCC[C@H]2C1. The van der Waals surface area contributed by atoms with Gasteiger partial charge in [0.15, 0.2) is 17.0 Å². The van der Waals surface area contributed by atoms with Crippen molar-refractivity contribution < 1.29 is 18.0 Å². The molecule has 5 rings (SSSR count). The average molecular weight is 421 g/mol. The number of rotatable bonds is 2. The number of hydrogen-bond donors (Lipinski definition) is 0. The van der Waals surface area contributed by atoms with Gasteiger partial charge in [-0.2, -0.15) is 18.3 Å². The molecule has 29 heavy (non-hydrogen) atoms. The van der Waals surface area contributed by atoms with Gasteiger partial charge >= 0.3 is 6.18 Å². The lowest BCUT2D eigenvalue weighted by Crippen LogP contribution is -2.52. The third-order valence-corrected chi connectivity index (χ3v) is 6.48. The molecule has 2 saturated heterocycles. The highest BCUT2D eigenvalue weighted by atomic mass is 32.1. The number of nitrogens with zero attached hydrogens (tertiary/aromatic N) is 5. The summed E-state index contributed by atoms with van der Waals surface area (Å²) >= 11 is 1.31. The van der Waals surface area contributed by atoms with Crippen LogP contribution in [-0.2, 0) is 6.18 Å². The molecule has 0 bridgehead atoms. The molecule has 2 aliphatic rings. The fourth-order valence-electron chi connectivity index (χ4n) is 4.17. The molecule has 0 aliphatic carbocycles. The molecule has 0 saturated carbocycles. The molecule has 1 atom stereocenters. The first kappa shape index (κ1) is 18.6. The summed E-state index contributed by atoms with van der Waals surface area (Å²) in [6.45, 7) is 2.99.